The van der Waals surface area contributed by atoms with Crippen molar-refractivity contribution in [3.8, 4) is 5.75 Å². The van der Waals surface area contributed by atoms with E-state index < -0.39 is 21.9 Å². The third-order valence-electron chi connectivity index (χ3n) is 5.05. The quantitative estimate of drug-likeness (QED) is 0.363. The number of nitro groups is 1. The Labute approximate surface area is 169 Å². The molecule has 0 radical (unpaired) electrons. The number of hydrogen-bond acceptors (Lipinski definition) is 5. The highest BCUT2D eigenvalue weighted by Gasteiger charge is 2.44. The molecule has 0 bridgehead atoms. The average Bonchev–Trinajstić information content (AvgIpc) is 2.62. The van der Waals surface area contributed by atoms with Crippen molar-refractivity contribution < 1.29 is 19.2 Å². The van der Waals surface area contributed by atoms with E-state index in [0.29, 0.717) is 10.8 Å². The molecule has 0 aliphatic heterocycles. The van der Waals surface area contributed by atoms with Gasteiger partial charge in [-0.05, 0) is 43.7 Å². The van der Waals surface area contributed by atoms with Crippen LogP contribution in [0.25, 0.3) is 0 Å². The van der Waals surface area contributed by atoms with E-state index in [0.717, 1.165) is 11.1 Å². The zero-order valence-corrected chi connectivity index (χ0v) is 17.6. The van der Waals surface area contributed by atoms with Crippen molar-refractivity contribution in [1.82, 2.24) is 0 Å². The average molecular weight is 406 g/mol. The van der Waals surface area contributed by atoms with Crippen molar-refractivity contribution in [2.24, 2.45) is 5.41 Å². The van der Waals surface area contributed by atoms with Gasteiger partial charge < -0.3 is 9.47 Å². The lowest BCUT2D eigenvalue weighted by atomic mass is 9.72. The van der Waals surface area contributed by atoms with E-state index >= 15 is 0 Å². The SMILES string of the molecule is COc1cc(C)c(C(C)(OC(=O)c2ccc([N+](=O)[O-])cc2)C(C)(C)C)cc1Cl. The van der Waals surface area contributed by atoms with Crippen LogP contribution in [-0.2, 0) is 10.3 Å². The lowest BCUT2D eigenvalue weighted by molar-refractivity contribution is -0.384. The first kappa shape index (κ1) is 21.7. The Morgan fingerprint density at radius 3 is 2.14 bits per heavy atom. The van der Waals surface area contributed by atoms with Gasteiger partial charge in [0.1, 0.15) is 11.4 Å². The molecule has 0 N–H and O–H groups in total. The largest absolute Gasteiger partial charge is 0.495 e. The predicted molar refractivity (Wildman–Crippen MR) is 108 cm³/mol. The second-order valence-electron chi connectivity index (χ2n) is 7.78. The Balaban J connectivity index is 2.48. The highest BCUT2D eigenvalue weighted by Crippen LogP contribution is 2.46. The molecule has 0 saturated carbocycles. The standard InChI is InChI=1S/C21H24ClNO5/c1-13-11-18(27-6)17(22)12-16(13)21(5,20(2,3)4)28-19(24)14-7-9-15(10-8-14)23(25)26/h7-12H,1-6H3. The summed E-state index contributed by atoms with van der Waals surface area (Å²) < 4.78 is 11.2. The first-order chi connectivity index (χ1) is 12.9. The predicted octanol–water partition coefficient (Wildman–Crippen LogP) is 5.68. The van der Waals surface area contributed by atoms with E-state index in [1.807, 2.05) is 34.6 Å². The molecule has 0 aliphatic rings. The van der Waals surface area contributed by atoms with Crippen LogP contribution in [0.1, 0.15) is 49.2 Å². The van der Waals surface area contributed by atoms with Gasteiger partial charge in [0, 0.05) is 23.1 Å². The van der Waals surface area contributed by atoms with E-state index in [1.165, 1.54) is 31.4 Å². The van der Waals surface area contributed by atoms with Gasteiger partial charge in [0.2, 0.25) is 0 Å². The van der Waals surface area contributed by atoms with E-state index in [2.05, 4.69) is 0 Å². The highest BCUT2D eigenvalue weighted by atomic mass is 35.5. The van der Waals surface area contributed by atoms with E-state index in [1.54, 1.807) is 12.1 Å². The molecule has 0 heterocycles. The van der Waals surface area contributed by atoms with Crippen molar-refractivity contribution in [3.63, 3.8) is 0 Å². The summed E-state index contributed by atoms with van der Waals surface area (Å²) in [5.74, 6) is -0.0282. The third kappa shape index (κ3) is 4.12. The molecule has 150 valence electrons. The lowest BCUT2D eigenvalue weighted by Gasteiger charge is -2.42. The van der Waals surface area contributed by atoms with Gasteiger partial charge in [-0.3, -0.25) is 10.1 Å². The number of hydrogen-bond donors (Lipinski definition) is 0. The molecule has 0 amide bonds. The van der Waals surface area contributed by atoms with Crippen molar-refractivity contribution in [3.05, 3.63) is 68.2 Å². The topological polar surface area (TPSA) is 78.7 Å². The molecule has 1 unspecified atom stereocenters. The zero-order chi connectivity index (χ0) is 21.3. The van der Waals surface area contributed by atoms with E-state index in [4.69, 9.17) is 21.1 Å². The summed E-state index contributed by atoms with van der Waals surface area (Å²) in [7, 11) is 1.54. The van der Waals surface area contributed by atoms with Gasteiger partial charge in [0.25, 0.3) is 5.69 Å². The molecule has 6 nitrogen and oxygen atoms in total. The van der Waals surface area contributed by atoms with Gasteiger partial charge in [-0.25, -0.2) is 4.79 Å². The minimum Gasteiger partial charge on any atom is -0.495 e. The van der Waals surface area contributed by atoms with Crippen molar-refractivity contribution in [2.45, 2.75) is 40.2 Å². The monoisotopic (exact) mass is 405 g/mol. The fourth-order valence-corrected chi connectivity index (χ4v) is 3.14. The normalized spacial score (nSPS) is 13.5. The molecule has 0 aliphatic carbocycles. The summed E-state index contributed by atoms with van der Waals surface area (Å²) in [4.78, 5) is 23.1. The zero-order valence-electron chi connectivity index (χ0n) is 16.8. The molecule has 2 rings (SSSR count). The Hall–Kier alpha value is -2.60. The van der Waals surface area contributed by atoms with Crippen molar-refractivity contribution >= 4 is 23.3 Å². The summed E-state index contributed by atoms with van der Waals surface area (Å²) in [5, 5.41) is 11.2. The van der Waals surface area contributed by atoms with E-state index in [9.17, 15) is 14.9 Å². The molecular formula is C21H24ClNO5. The first-order valence-corrected chi connectivity index (χ1v) is 9.11. The number of carbonyl (C=O) groups is 1. The Kier molecular flexibility index (Phi) is 6.04. The smallest absolute Gasteiger partial charge is 0.339 e. The number of nitrogens with zero attached hydrogens (tertiary/aromatic N) is 1. The number of rotatable bonds is 5. The maximum atomic E-state index is 12.8. The maximum Gasteiger partial charge on any atom is 0.339 e. The van der Waals surface area contributed by atoms with Crippen LogP contribution in [0.2, 0.25) is 5.02 Å². The molecule has 0 fully saturated rings. The summed E-state index contributed by atoms with van der Waals surface area (Å²) in [5.41, 5.74) is 0.306. The number of non-ortho nitro benzene ring substituents is 1. The Morgan fingerprint density at radius 1 is 1.11 bits per heavy atom. The van der Waals surface area contributed by atoms with Crippen molar-refractivity contribution in [2.75, 3.05) is 7.11 Å². The van der Waals surface area contributed by atoms with Crippen LogP contribution in [0.3, 0.4) is 0 Å². The van der Waals surface area contributed by atoms with Crippen LogP contribution >= 0.6 is 11.6 Å². The summed E-state index contributed by atoms with van der Waals surface area (Å²) >= 11 is 6.33. The number of benzene rings is 2. The molecular weight excluding hydrogens is 382 g/mol. The van der Waals surface area contributed by atoms with Gasteiger partial charge in [-0.1, -0.05) is 32.4 Å². The lowest BCUT2D eigenvalue weighted by Crippen LogP contribution is -2.42. The third-order valence-corrected chi connectivity index (χ3v) is 5.35. The van der Waals surface area contributed by atoms with Gasteiger partial charge in [-0.2, -0.15) is 0 Å². The fraction of sp³-hybridized carbons (Fsp3) is 0.381. The first-order valence-electron chi connectivity index (χ1n) is 8.73. The summed E-state index contributed by atoms with van der Waals surface area (Å²) in [6.45, 7) is 9.63. The second-order valence-corrected chi connectivity index (χ2v) is 8.19. The number of nitro benzene ring substituents is 1. The highest BCUT2D eigenvalue weighted by molar-refractivity contribution is 6.32. The number of esters is 1. The summed E-state index contributed by atoms with van der Waals surface area (Å²) in [6.07, 6.45) is 0. The minimum atomic E-state index is -1.01. The van der Waals surface area contributed by atoms with Gasteiger partial charge in [0.15, 0.2) is 0 Å². The Bertz CT molecular complexity index is 902. The van der Waals surface area contributed by atoms with Crippen LogP contribution in [-0.4, -0.2) is 18.0 Å². The molecule has 7 heteroatoms. The number of ether oxygens (including phenoxy) is 2. The van der Waals surface area contributed by atoms with Crippen LogP contribution in [0.15, 0.2) is 36.4 Å². The minimum absolute atomic E-state index is 0.0899. The van der Waals surface area contributed by atoms with Gasteiger partial charge >= 0.3 is 5.97 Å². The van der Waals surface area contributed by atoms with Gasteiger partial charge in [0.05, 0.1) is 22.6 Å². The van der Waals surface area contributed by atoms with Crippen LogP contribution < -0.4 is 4.74 Å². The Morgan fingerprint density at radius 2 is 1.68 bits per heavy atom. The molecule has 2 aromatic carbocycles. The maximum absolute atomic E-state index is 12.8. The van der Waals surface area contributed by atoms with Crippen molar-refractivity contribution in [1.29, 1.82) is 0 Å². The molecule has 0 aromatic heterocycles. The molecule has 2 aromatic rings. The number of aryl methyl sites for hydroxylation is 1. The van der Waals surface area contributed by atoms with Crippen LogP contribution in [0, 0.1) is 22.5 Å². The van der Waals surface area contributed by atoms with Gasteiger partial charge in [-0.15, -0.1) is 0 Å². The summed E-state index contributed by atoms with van der Waals surface area (Å²) in [6, 6.07) is 8.89. The molecule has 0 saturated heterocycles. The molecule has 0 spiro atoms. The van der Waals surface area contributed by atoms with Crippen LogP contribution in [0.5, 0.6) is 5.75 Å². The molecule has 28 heavy (non-hydrogen) atoms. The molecule has 1 atom stereocenters. The van der Waals surface area contributed by atoms with E-state index in [-0.39, 0.29) is 11.3 Å². The number of halogens is 1. The fourth-order valence-electron chi connectivity index (χ4n) is 2.90. The number of methoxy groups -OCH3 is 1. The number of carbonyl (C=O) groups excluding carboxylic acids is 1. The van der Waals surface area contributed by atoms with Crippen LogP contribution in [0.4, 0.5) is 5.69 Å². The second kappa shape index (κ2) is 7.80.